The number of amides is 1. The minimum absolute atomic E-state index is 0.166. The lowest BCUT2D eigenvalue weighted by Gasteiger charge is -2.09. The number of aromatic nitrogens is 2. The molecule has 2 heterocycles. The highest BCUT2D eigenvalue weighted by Crippen LogP contribution is 2.25. The zero-order valence-electron chi connectivity index (χ0n) is 14.2. The number of hydrogen-bond acceptors (Lipinski definition) is 5. The van der Waals surface area contributed by atoms with Crippen molar-refractivity contribution < 1.29 is 9.32 Å². The average molecular weight is 353 g/mol. The first-order valence-electron chi connectivity index (χ1n) is 8.06. The number of hydrogen-bond donors (Lipinski definition) is 1. The van der Waals surface area contributed by atoms with Crippen LogP contribution in [0.15, 0.2) is 58.2 Å². The van der Waals surface area contributed by atoms with Gasteiger partial charge in [-0.1, -0.05) is 36.0 Å². The van der Waals surface area contributed by atoms with Crippen molar-refractivity contribution in [2.24, 2.45) is 0 Å². The monoisotopic (exact) mass is 353 g/mol. The molecule has 0 saturated heterocycles. The molecule has 2 aromatic heterocycles. The molecular formula is C19H19N3O2S. The first-order valence-corrected chi connectivity index (χ1v) is 9.04. The van der Waals surface area contributed by atoms with E-state index in [1.165, 1.54) is 17.3 Å². The number of carbonyl (C=O) groups excluding carboxylic acids is 1. The van der Waals surface area contributed by atoms with Gasteiger partial charge >= 0.3 is 0 Å². The van der Waals surface area contributed by atoms with Gasteiger partial charge < -0.3 is 9.84 Å². The third-order valence-corrected chi connectivity index (χ3v) is 4.68. The van der Waals surface area contributed by atoms with Gasteiger partial charge in [0.1, 0.15) is 10.8 Å². The standard InChI is InChI=1S/C19H19N3O2S/c1-3-14-6-4-7-15(11-14)21-18(23)17-8-5-9-20-19(17)25-12-16-10-13(2)24-22-16/h4-11H,3,12H2,1-2H3,(H,21,23). The summed E-state index contributed by atoms with van der Waals surface area (Å²) in [6.07, 6.45) is 2.61. The van der Waals surface area contributed by atoms with E-state index in [0.717, 1.165) is 23.6 Å². The average Bonchev–Trinajstić information content (AvgIpc) is 3.05. The van der Waals surface area contributed by atoms with E-state index in [1.54, 1.807) is 18.3 Å². The Kier molecular flexibility index (Phi) is 5.50. The molecule has 6 heteroatoms. The summed E-state index contributed by atoms with van der Waals surface area (Å²) in [4.78, 5) is 17.0. The van der Waals surface area contributed by atoms with Crippen LogP contribution in [0.3, 0.4) is 0 Å². The Morgan fingerprint density at radius 1 is 1.24 bits per heavy atom. The van der Waals surface area contributed by atoms with E-state index in [-0.39, 0.29) is 5.91 Å². The van der Waals surface area contributed by atoms with E-state index < -0.39 is 0 Å². The molecule has 0 bridgehead atoms. The van der Waals surface area contributed by atoms with Crippen LogP contribution >= 0.6 is 11.8 Å². The fourth-order valence-corrected chi connectivity index (χ4v) is 3.25. The molecule has 0 saturated carbocycles. The maximum atomic E-state index is 12.7. The molecular weight excluding hydrogens is 334 g/mol. The van der Waals surface area contributed by atoms with Gasteiger partial charge in [0.05, 0.1) is 11.3 Å². The second kappa shape index (κ2) is 7.98. The fourth-order valence-electron chi connectivity index (χ4n) is 2.37. The Morgan fingerprint density at radius 2 is 2.12 bits per heavy atom. The molecule has 0 aliphatic carbocycles. The number of anilines is 1. The summed E-state index contributed by atoms with van der Waals surface area (Å²) >= 11 is 1.47. The largest absolute Gasteiger partial charge is 0.361 e. The van der Waals surface area contributed by atoms with E-state index in [0.29, 0.717) is 16.3 Å². The van der Waals surface area contributed by atoms with E-state index in [4.69, 9.17) is 4.52 Å². The Balaban J connectivity index is 1.73. The van der Waals surface area contributed by atoms with Crippen molar-refractivity contribution >= 4 is 23.4 Å². The summed E-state index contributed by atoms with van der Waals surface area (Å²) in [6, 6.07) is 13.3. The summed E-state index contributed by atoms with van der Waals surface area (Å²) in [6.45, 7) is 3.94. The molecule has 3 aromatic rings. The van der Waals surface area contributed by atoms with E-state index >= 15 is 0 Å². The minimum atomic E-state index is -0.166. The molecule has 5 nitrogen and oxygen atoms in total. The SMILES string of the molecule is CCc1cccc(NC(=O)c2cccnc2SCc2cc(C)on2)c1. The van der Waals surface area contributed by atoms with Crippen LogP contribution in [0.1, 0.15) is 34.3 Å². The zero-order chi connectivity index (χ0) is 17.6. The predicted molar refractivity (Wildman–Crippen MR) is 98.8 cm³/mol. The van der Waals surface area contributed by atoms with Gasteiger partial charge in [-0.25, -0.2) is 4.98 Å². The maximum absolute atomic E-state index is 12.7. The van der Waals surface area contributed by atoms with E-state index in [1.807, 2.05) is 37.3 Å². The van der Waals surface area contributed by atoms with E-state index in [9.17, 15) is 4.79 Å². The Labute approximate surface area is 150 Å². The third kappa shape index (κ3) is 4.48. The van der Waals surface area contributed by atoms with E-state index in [2.05, 4.69) is 22.4 Å². The number of thioether (sulfide) groups is 1. The molecule has 0 unspecified atom stereocenters. The van der Waals surface area contributed by atoms with Gasteiger partial charge in [-0.15, -0.1) is 0 Å². The summed E-state index contributed by atoms with van der Waals surface area (Å²) in [7, 11) is 0. The molecule has 0 aliphatic heterocycles. The lowest BCUT2D eigenvalue weighted by atomic mass is 10.1. The number of carbonyl (C=O) groups is 1. The molecule has 1 aromatic carbocycles. The van der Waals surface area contributed by atoms with Crippen LogP contribution in [-0.4, -0.2) is 16.0 Å². The van der Waals surface area contributed by atoms with Gasteiger partial charge in [-0.2, -0.15) is 0 Å². The summed E-state index contributed by atoms with van der Waals surface area (Å²) in [5.74, 6) is 1.20. The van der Waals surface area contributed by atoms with Crippen LogP contribution in [-0.2, 0) is 12.2 Å². The zero-order valence-corrected chi connectivity index (χ0v) is 15.0. The highest BCUT2D eigenvalue weighted by atomic mass is 32.2. The molecule has 3 rings (SSSR count). The van der Waals surface area contributed by atoms with Gasteiger partial charge in [0.2, 0.25) is 0 Å². The van der Waals surface area contributed by atoms with Gasteiger partial charge in [-0.05, 0) is 43.2 Å². The van der Waals surface area contributed by atoms with Crippen LogP contribution in [0.25, 0.3) is 0 Å². The van der Waals surface area contributed by atoms with Gasteiger partial charge in [-0.3, -0.25) is 4.79 Å². The Bertz CT molecular complexity index is 876. The number of pyridine rings is 1. The molecule has 0 fully saturated rings. The quantitative estimate of drug-likeness (QED) is 0.662. The third-order valence-electron chi connectivity index (χ3n) is 3.64. The number of rotatable bonds is 6. The summed E-state index contributed by atoms with van der Waals surface area (Å²) in [5, 5.41) is 7.59. The number of nitrogens with one attached hydrogen (secondary N) is 1. The summed E-state index contributed by atoms with van der Waals surface area (Å²) in [5.41, 5.74) is 3.35. The molecule has 0 spiro atoms. The van der Waals surface area contributed by atoms with Crippen molar-refractivity contribution in [3.8, 4) is 0 Å². The molecule has 1 amide bonds. The maximum Gasteiger partial charge on any atom is 0.258 e. The molecule has 128 valence electrons. The molecule has 0 radical (unpaired) electrons. The van der Waals surface area contributed by atoms with Crippen LogP contribution in [0.2, 0.25) is 0 Å². The molecule has 0 aliphatic rings. The molecule has 0 atom stereocenters. The fraction of sp³-hybridized carbons (Fsp3) is 0.211. The van der Waals surface area contributed by atoms with Crippen molar-refractivity contribution in [2.45, 2.75) is 31.0 Å². The number of aryl methyl sites for hydroxylation is 2. The van der Waals surface area contributed by atoms with Crippen LogP contribution in [0.5, 0.6) is 0 Å². The van der Waals surface area contributed by atoms with Gasteiger partial charge in [0.25, 0.3) is 5.91 Å². The smallest absolute Gasteiger partial charge is 0.258 e. The second-order valence-corrected chi connectivity index (χ2v) is 6.55. The first-order chi connectivity index (χ1) is 12.2. The van der Waals surface area contributed by atoms with Crippen molar-refractivity contribution in [3.05, 3.63) is 71.2 Å². The Morgan fingerprint density at radius 3 is 2.88 bits per heavy atom. The highest BCUT2D eigenvalue weighted by molar-refractivity contribution is 7.98. The van der Waals surface area contributed by atoms with Crippen molar-refractivity contribution in [1.82, 2.24) is 10.1 Å². The van der Waals surface area contributed by atoms with Crippen molar-refractivity contribution in [2.75, 3.05) is 5.32 Å². The lowest BCUT2D eigenvalue weighted by molar-refractivity contribution is 0.102. The lowest BCUT2D eigenvalue weighted by Crippen LogP contribution is -2.13. The predicted octanol–water partition coefficient (Wildman–Crippen LogP) is 4.49. The number of benzene rings is 1. The minimum Gasteiger partial charge on any atom is -0.361 e. The van der Waals surface area contributed by atoms with Crippen LogP contribution < -0.4 is 5.32 Å². The van der Waals surface area contributed by atoms with Crippen molar-refractivity contribution in [3.63, 3.8) is 0 Å². The topological polar surface area (TPSA) is 68.0 Å². The van der Waals surface area contributed by atoms with Crippen LogP contribution in [0, 0.1) is 6.92 Å². The van der Waals surface area contributed by atoms with Crippen molar-refractivity contribution in [1.29, 1.82) is 0 Å². The normalized spacial score (nSPS) is 10.6. The van der Waals surface area contributed by atoms with Crippen LogP contribution in [0.4, 0.5) is 5.69 Å². The number of nitrogens with zero attached hydrogens (tertiary/aromatic N) is 2. The van der Waals surface area contributed by atoms with Gasteiger partial charge in [0, 0.05) is 23.7 Å². The highest BCUT2D eigenvalue weighted by Gasteiger charge is 2.14. The molecule has 1 N–H and O–H groups in total. The van der Waals surface area contributed by atoms with Gasteiger partial charge in [0.15, 0.2) is 0 Å². The Hall–Kier alpha value is -2.60. The first kappa shape index (κ1) is 17.2. The molecule has 25 heavy (non-hydrogen) atoms. The summed E-state index contributed by atoms with van der Waals surface area (Å²) < 4.78 is 5.07. The second-order valence-electron chi connectivity index (χ2n) is 5.58.